The molecular weight excluding hydrogens is 400 g/mol. The first-order valence-corrected chi connectivity index (χ1v) is 9.62. The van der Waals surface area contributed by atoms with E-state index in [2.05, 4.69) is 10.2 Å². The van der Waals surface area contributed by atoms with E-state index in [1.807, 2.05) is 30.3 Å². The molecule has 0 aliphatic heterocycles. The molecule has 0 aliphatic rings. The fraction of sp³-hybridized carbons (Fsp3) is 0.105. The standard InChI is InChI=1S/C19H15ClN4O3S/c1-26-12-6-7-13-11(8-17(25)27-16(13)9-12)10-28-19-23-22-18(24(19)21)14-4-2-3-5-15(14)20/h2-9H,10,21H2,1H3. The van der Waals surface area contributed by atoms with Crippen molar-refractivity contribution in [2.45, 2.75) is 10.9 Å². The molecule has 0 saturated heterocycles. The first-order chi connectivity index (χ1) is 13.6. The Labute approximate surface area is 169 Å². The van der Waals surface area contributed by atoms with Crippen LogP contribution < -0.4 is 16.2 Å². The van der Waals surface area contributed by atoms with E-state index in [0.717, 1.165) is 10.9 Å². The van der Waals surface area contributed by atoms with Crippen LogP contribution in [-0.2, 0) is 5.75 Å². The minimum atomic E-state index is -0.428. The summed E-state index contributed by atoms with van der Waals surface area (Å²) in [5.41, 5.74) is 1.54. The molecule has 4 aromatic rings. The van der Waals surface area contributed by atoms with Crippen LogP contribution in [0.15, 0.2) is 62.9 Å². The Morgan fingerprint density at radius 1 is 1.21 bits per heavy atom. The van der Waals surface area contributed by atoms with E-state index in [0.29, 0.717) is 38.7 Å². The summed E-state index contributed by atoms with van der Waals surface area (Å²) in [5.74, 6) is 7.71. The average Bonchev–Trinajstić information content (AvgIpc) is 3.06. The Morgan fingerprint density at radius 2 is 2.04 bits per heavy atom. The maximum absolute atomic E-state index is 11.9. The predicted molar refractivity (Wildman–Crippen MR) is 109 cm³/mol. The lowest BCUT2D eigenvalue weighted by Crippen LogP contribution is -2.11. The van der Waals surface area contributed by atoms with Crippen molar-refractivity contribution in [2.24, 2.45) is 0 Å². The van der Waals surface area contributed by atoms with Gasteiger partial charge in [-0.2, -0.15) is 0 Å². The smallest absolute Gasteiger partial charge is 0.336 e. The third-order valence-electron chi connectivity index (χ3n) is 4.17. The third-order valence-corrected chi connectivity index (χ3v) is 5.49. The van der Waals surface area contributed by atoms with Crippen molar-refractivity contribution in [3.8, 4) is 17.1 Å². The van der Waals surface area contributed by atoms with Crippen molar-refractivity contribution in [1.82, 2.24) is 14.9 Å². The molecule has 0 bridgehead atoms. The molecular formula is C19H15ClN4O3S. The van der Waals surface area contributed by atoms with Gasteiger partial charge in [0, 0.05) is 28.8 Å². The number of aromatic nitrogens is 3. The van der Waals surface area contributed by atoms with Gasteiger partial charge in [0.2, 0.25) is 5.16 Å². The molecule has 2 N–H and O–H groups in total. The van der Waals surface area contributed by atoms with Gasteiger partial charge in [-0.1, -0.05) is 35.5 Å². The van der Waals surface area contributed by atoms with Crippen molar-refractivity contribution >= 4 is 34.3 Å². The summed E-state index contributed by atoms with van der Waals surface area (Å²) in [6.07, 6.45) is 0. The number of fused-ring (bicyclic) bond motifs is 1. The predicted octanol–water partition coefficient (Wildman–Crippen LogP) is 3.72. The number of nitrogens with two attached hydrogens (primary N) is 1. The molecule has 0 aliphatic carbocycles. The Bertz CT molecular complexity index is 1220. The Balaban J connectivity index is 1.64. The van der Waals surface area contributed by atoms with Gasteiger partial charge in [-0.15, -0.1) is 10.2 Å². The third kappa shape index (κ3) is 3.44. The SMILES string of the molecule is COc1ccc2c(CSc3nnc(-c4ccccc4Cl)n3N)cc(=O)oc2c1. The lowest BCUT2D eigenvalue weighted by Gasteiger charge is -2.07. The molecule has 0 unspecified atom stereocenters. The normalized spacial score (nSPS) is 11.1. The van der Waals surface area contributed by atoms with E-state index < -0.39 is 5.63 Å². The van der Waals surface area contributed by atoms with Gasteiger partial charge >= 0.3 is 5.63 Å². The zero-order chi connectivity index (χ0) is 19.7. The maximum atomic E-state index is 11.9. The van der Waals surface area contributed by atoms with Gasteiger partial charge in [0.05, 0.1) is 12.1 Å². The van der Waals surface area contributed by atoms with Gasteiger partial charge in [-0.25, -0.2) is 9.47 Å². The minimum Gasteiger partial charge on any atom is -0.497 e. The van der Waals surface area contributed by atoms with Gasteiger partial charge < -0.3 is 15.0 Å². The van der Waals surface area contributed by atoms with E-state index in [9.17, 15) is 4.79 Å². The second-order valence-electron chi connectivity index (χ2n) is 5.90. The molecule has 0 atom stereocenters. The molecule has 2 aromatic heterocycles. The summed E-state index contributed by atoms with van der Waals surface area (Å²) in [6, 6.07) is 14.1. The lowest BCUT2D eigenvalue weighted by molar-refractivity contribution is 0.414. The number of hydrogen-bond acceptors (Lipinski definition) is 7. The number of rotatable bonds is 5. The summed E-state index contributed by atoms with van der Waals surface area (Å²) >= 11 is 7.59. The van der Waals surface area contributed by atoms with Crippen LogP contribution in [-0.4, -0.2) is 22.0 Å². The van der Waals surface area contributed by atoms with Crippen LogP contribution in [0, 0.1) is 0 Å². The van der Waals surface area contributed by atoms with Gasteiger partial charge in [-0.05, 0) is 29.8 Å². The highest BCUT2D eigenvalue weighted by Gasteiger charge is 2.15. The number of thioether (sulfide) groups is 1. The molecule has 0 amide bonds. The molecule has 2 heterocycles. The molecule has 0 radical (unpaired) electrons. The Kier molecular flexibility index (Phi) is 4.97. The number of methoxy groups -OCH3 is 1. The molecule has 0 fully saturated rings. The van der Waals surface area contributed by atoms with E-state index in [1.54, 1.807) is 19.2 Å². The molecule has 2 aromatic carbocycles. The van der Waals surface area contributed by atoms with Crippen molar-refractivity contribution in [3.63, 3.8) is 0 Å². The van der Waals surface area contributed by atoms with Crippen LogP contribution in [0.5, 0.6) is 5.75 Å². The molecule has 9 heteroatoms. The number of benzene rings is 2. The summed E-state index contributed by atoms with van der Waals surface area (Å²) in [6.45, 7) is 0. The number of nitrogens with zero attached hydrogens (tertiary/aromatic N) is 3. The zero-order valence-electron chi connectivity index (χ0n) is 14.8. The van der Waals surface area contributed by atoms with Crippen molar-refractivity contribution in [1.29, 1.82) is 0 Å². The van der Waals surface area contributed by atoms with Crippen molar-refractivity contribution < 1.29 is 9.15 Å². The summed E-state index contributed by atoms with van der Waals surface area (Å²) < 4.78 is 11.9. The zero-order valence-corrected chi connectivity index (χ0v) is 16.3. The van der Waals surface area contributed by atoms with Crippen LogP contribution in [0.3, 0.4) is 0 Å². The van der Waals surface area contributed by atoms with Crippen molar-refractivity contribution in [3.05, 3.63) is 69.5 Å². The minimum absolute atomic E-state index is 0.428. The summed E-state index contributed by atoms with van der Waals surface area (Å²) in [7, 11) is 1.56. The van der Waals surface area contributed by atoms with E-state index in [1.165, 1.54) is 22.5 Å². The Morgan fingerprint density at radius 3 is 2.82 bits per heavy atom. The van der Waals surface area contributed by atoms with Gasteiger partial charge in [0.25, 0.3) is 0 Å². The van der Waals surface area contributed by atoms with Gasteiger partial charge in [0.1, 0.15) is 11.3 Å². The van der Waals surface area contributed by atoms with Crippen LogP contribution >= 0.6 is 23.4 Å². The van der Waals surface area contributed by atoms with Crippen LogP contribution in [0.2, 0.25) is 5.02 Å². The number of halogens is 1. The first kappa shape index (κ1) is 18.4. The fourth-order valence-electron chi connectivity index (χ4n) is 2.80. The highest BCUT2D eigenvalue weighted by Crippen LogP contribution is 2.30. The quantitative estimate of drug-likeness (QED) is 0.302. The molecule has 28 heavy (non-hydrogen) atoms. The van der Waals surface area contributed by atoms with E-state index >= 15 is 0 Å². The summed E-state index contributed by atoms with van der Waals surface area (Å²) in [5, 5.41) is 10.2. The molecule has 142 valence electrons. The highest BCUT2D eigenvalue weighted by molar-refractivity contribution is 7.98. The molecule has 0 spiro atoms. The van der Waals surface area contributed by atoms with E-state index in [4.69, 9.17) is 26.6 Å². The van der Waals surface area contributed by atoms with E-state index in [-0.39, 0.29) is 0 Å². The number of ether oxygens (including phenoxy) is 1. The molecule has 4 rings (SSSR count). The average molecular weight is 415 g/mol. The monoisotopic (exact) mass is 414 g/mol. The summed E-state index contributed by atoms with van der Waals surface area (Å²) in [4.78, 5) is 11.9. The van der Waals surface area contributed by atoms with Crippen LogP contribution in [0.25, 0.3) is 22.4 Å². The fourth-order valence-corrected chi connectivity index (χ4v) is 3.87. The topological polar surface area (TPSA) is 96.2 Å². The second-order valence-corrected chi connectivity index (χ2v) is 7.25. The Hall–Kier alpha value is -2.97. The lowest BCUT2D eigenvalue weighted by atomic mass is 10.1. The maximum Gasteiger partial charge on any atom is 0.336 e. The van der Waals surface area contributed by atoms with Crippen LogP contribution in [0.1, 0.15) is 5.56 Å². The van der Waals surface area contributed by atoms with Crippen LogP contribution in [0.4, 0.5) is 0 Å². The second kappa shape index (κ2) is 7.57. The molecule has 0 saturated carbocycles. The van der Waals surface area contributed by atoms with Gasteiger partial charge in [0.15, 0.2) is 5.82 Å². The number of hydrogen-bond donors (Lipinski definition) is 1. The van der Waals surface area contributed by atoms with Gasteiger partial charge in [-0.3, -0.25) is 0 Å². The molecule has 7 nitrogen and oxygen atoms in total. The number of nitrogen functional groups attached to an aromatic ring is 1. The largest absolute Gasteiger partial charge is 0.497 e. The van der Waals surface area contributed by atoms with Crippen molar-refractivity contribution in [2.75, 3.05) is 13.0 Å². The highest BCUT2D eigenvalue weighted by atomic mass is 35.5. The first-order valence-electron chi connectivity index (χ1n) is 8.26.